The molecule has 2 aromatic carbocycles. The van der Waals surface area contributed by atoms with Crippen molar-refractivity contribution in [2.24, 2.45) is 5.73 Å². The summed E-state index contributed by atoms with van der Waals surface area (Å²) in [6.07, 6.45) is 0.819. The molecular weight excluding hydrogens is 408 g/mol. The molecule has 2 aromatic rings. The van der Waals surface area contributed by atoms with Crippen LogP contribution in [-0.2, 0) is 11.4 Å². The number of rotatable bonds is 7. The lowest BCUT2D eigenvalue weighted by Gasteiger charge is -2.23. The molecule has 1 fully saturated rings. The average molecular weight is 439 g/mol. The molecule has 0 aliphatic carbocycles. The highest BCUT2D eigenvalue weighted by atomic mass is 16.5. The molecule has 8 nitrogen and oxygen atoms in total. The molecule has 0 saturated carbocycles. The number of para-hydroxylation sites is 1. The molecule has 32 heavy (non-hydrogen) atoms. The van der Waals surface area contributed by atoms with Gasteiger partial charge in [0.15, 0.2) is 0 Å². The molecule has 0 unspecified atom stereocenters. The summed E-state index contributed by atoms with van der Waals surface area (Å²) >= 11 is 0. The number of carbonyl (C=O) groups is 3. The summed E-state index contributed by atoms with van der Waals surface area (Å²) < 4.78 is 5.79. The van der Waals surface area contributed by atoms with Gasteiger partial charge >= 0.3 is 0 Å². The Kier molecular flexibility index (Phi) is 7.83. The number of ether oxygens (including phenoxy) is 1. The van der Waals surface area contributed by atoms with Crippen LogP contribution >= 0.6 is 0 Å². The third kappa shape index (κ3) is 6.07. The third-order valence-corrected chi connectivity index (χ3v) is 5.45. The number of nitrogens with zero attached hydrogens (tertiary/aromatic N) is 3. The third-order valence-electron chi connectivity index (χ3n) is 5.45. The lowest BCUT2D eigenvalue weighted by atomic mass is 10.1. The highest BCUT2D eigenvalue weighted by Crippen LogP contribution is 2.19. The fourth-order valence-corrected chi connectivity index (χ4v) is 3.60. The molecule has 1 aliphatic rings. The van der Waals surface area contributed by atoms with Gasteiger partial charge in [-0.15, -0.1) is 0 Å². The Labute approximate surface area is 188 Å². The largest absolute Gasteiger partial charge is 0.488 e. The van der Waals surface area contributed by atoms with Gasteiger partial charge in [0.1, 0.15) is 12.4 Å². The number of primary amides is 1. The predicted molar refractivity (Wildman–Crippen MR) is 121 cm³/mol. The van der Waals surface area contributed by atoms with Gasteiger partial charge in [-0.25, -0.2) is 0 Å². The first-order valence-corrected chi connectivity index (χ1v) is 10.7. The molecule has 3 amide bonds. The quantitative estimate of drug-likeness (QED) is 0.708. The minimum atomic E-state index is -0.549. The van der Waals surface area contributed by atoms with Crippen LogP contribution in [0.4, 0.5) is 0 Å². The summed E-state index contributed by atoms with van der Waals surface area (Å²) in [5, 5.41) is 0. The van der Waals surface area contributed by atoms with Crippen LogP contribution in [-0.4, -0.2) is 79.2 Å². The Balaban J connectivity index is 1.62. The molecule has 0 bridgehead atoms. The fourth-order valence-electron chi connectivity index (χ4n) is 3.60. The minimum Gasteiger partial charge on any atom is -0.488 e. The first-order valence-electron chi connectivity index (χ1n) is 10.7. The molecule has 0 spiro atoms. The van der Waals surface area contributed by atoms with Gasteiger partial charge in [-0.05, 0) is 36.2 Å². The zero-order valence-corrected chi connectivity index (χ0v) is 18.6. The number of likely N-dealkylation sites (N-methyl/N-ethyl adjacent to an activating group) is 1. The van der Waals surface area contributed by atoms with E-state index < -0.39 is 5.91 Å². The van der Waals surface area contributed by atoms with Crippen molar-refractivity contribution in [2.45, 2.75) is 13.0 Å². The average Bonchev–Trinajstić information content (AvgIpc) is 3.03. The molecule has 0 aromatic heterocycles. The first kappa shape index (κ1) is 23.3. The van der Waals surface area contributed by atoms with Crippen molar-refractivity contribution in [3.63, 3.8) is 0 Å². The first-order chi connectivity index (χ1) is 15.3. The van der Waals surface area contributed by atoms with Crippen LogP contribution in [0.1, 0.15) is 32.7 Å². The molecule has 1 aliphatic heterocycles. The normalized spacial score (nSPS) is 14.5. The zero-order valence-electron chi connectivity index (χ0n) is 18.6. The maximum atomic E-state index is 13.1. The second-order valence-electron chi connectivity index (χ2n) is 8.06. The van der Waals surface area contributed by atoms with E-state index in [-0.39, 0.29) is 18.4 Å². The molecule has 1 heterocycles. The van der Waals surface area contributed by atoms with E-state index in [1.807, 2.05) is 23.1 Å². The van der Waals surface area contributed by atoms with E-state index in [2.05, 4.69) is 4.90 Å². The Morgan fingerprint density at radius 3 is 2.53 bits per heavy atom. The number of hydrogen-bond acceptors (Lipinski definition) is 5. The molecular formula is C24H30N4O4. The van der Waals surface area contributed by atoms with E-state index in [0.29, 0.717) is 43.1 Å². The number of benzene rings is 2. The van der Waals surface area contributed by atoms with Gasteiger partial charge in [0.2, 0.25) is 5.91 Å². The van der Waals surface area contributed by atoms with Gasteiger partial charge in [0.25, 0.3) is 11.8 Å². The predicted octanol–water partition coefficient (Wildman–Crippen LogP) is 1.60. The van der Waals surface area contributed by atoms with E-state index in [1.54, 1.807) is 49.3 Å². The SMILES string of the molecule is CN(C)C(=O)CN1CCCN(C(=O)c2cccc(COc3ccccc3C(N)=O)c2)CC1. The highest BCUT2D eigenvalue weighted by molar-refractivity contribution is 5.95. The second kappa shape index (κ2) is 10.8. The standard InChI is InChI=1S/C24H30N4O4/c1-26(2)22(29)16-27-11-6-12-28(14-13-27)24(31)19-8-5-7-18(15-19)17-32-21-10-4-3-9-20(21)23(25)30/h3-5,7-10,15H,6,11-14,16-17H2,1-2H3,(H2,25,30). The van der Waals surface area contributed by atoms with Crippen molar-refractivity contribution in [1.82, 2.24) is 14.7 Å². The van der Waals surface area contributed by atoms with Crippen LogP contribution < -0.4 is 10.5 Å². The van der Waals surface area contributed by atoms with Crippen LogP contribution in [0, 0.1) is 0 Å². The molecule has 3 rings (SSSR count). The highest BCUT2D eigenvalue weighted by Gasteiger charge is 2.22. The maximum Gasteiger partial charge on any atom is 0.253 e. The molecule has 0 atom stereocenters. The monoisotopic (exact) mass is 438 g/mol. The lowest BCUT2D eigenvalue weighted by molar-refractivity contribution is -0.129. The van der Waals surface area contributed by atoms with E-state index in [4.69, 9.17) is 10.5 Å². The minimum absolute atomic E-state index is 0.0369. The van der Waals surface area contributed by atoms with Crippen molar-refractivity contribution in [2.75, 3.05) is 46.8 Å². The van der Waals surface area contributed by atoms with E-state index in [0.717, 1.165) is 18.5 Å². The van der Waals surface area contributed by atoms with Crippen molar-refractivity contribution in [3.05, 3.63) is 65.2 Å². The molecule has 1 saturated heterocycles. The number of nitrogens with two attached hydrogens (primary N) is 1. The summed E-state index contributed by atoms with van der Waals surface area (Å²) in [5.41, 5.74) is 7.13. The number of carbonyl (C=O) groups excluding carboxylic acids is 3. The topological polar surface area (TPSA) is 96.2 Å². The van der Waals surface area contributed by atoms with Gasteiger partial charge in [-0.1, -0.05) is 24.3 Å². The Morgan fingerprint density at radius 2 is 1.78 bits per heavy atom. The van der Waals surface area contributed by atoms with E-state index >= 15 is 0 Å². The van der Waals surface area contributed by atoms with E-state index in [1.165, 1.54) is 0 Å². The summed E-state index contributed by atoms with van der Waals surface area (Å²) in [4.78, 5) is 42.2. The fraction of sp³-hybridized carbons (Fsp3) is 0.375. The maximum absolute atomic E-state index is 13.1. The molecule has 8 heteroatoms. The van der Waals surface area contributed by atoms with Crippen molar-refractivity contribution >= 4 is 17.7 Å². The van der Waals surface area contributed by atoms with Gasteiger partial charge in [-0.2, -0.15) is 0 Å². The van der Waals surface area contributed by atoms with Crippen molar-refractivity contribution in [1.29, 1.82) is 0 Å². The number of amides is 3. The summed E-state index contributed by atoms with van der Waals surface area (Å²) in [6.45, 7) is 3.26. The van der Waals surface area contributed by atoms with Gasteiger partial charge in [0, 0.05) is 45.8 Å². The van der Waals surface area contributed by atoms with Gasteiger partial charge in [0.05, 0.1) is 12.1 Å². The van der Waals surface area contributed by atoms with Crippen molar-refractivity contribution in [3.8, 4) is 5.75 Å². The van der Waals surface area contributed by atoms with Gasteiger partial charge < -0.3 is 20.3 Å². The Hall–Kier alpha value is -3.39. The second-order valence-corrected chi connectivity index (χ2v) is 8.06. The Bertz CT molecular complexity index is 976. The van der Waals surface area contributed by atoms with Crippen LogP contribution in [0.3, 0.4) is 0 Å². The van der Waals surface area contributed by atoms with E-state index in [9.17, 15) is 14.4 Å². The molecule has 2 N–H and O–H groups in total. The smallest absolute Gasteiger partial charge is 0.253 e. The van der Waals surface area contributed by atoms with Crippen LogP contribution in [0.5, 0.6) is 5.75 Å². The van der Waals surface area contributed by atoms with Crippen molar-refractivity contribution < 1.29 is 19.1 Å². The van der Waals surface area contributed by atoms with Gasteiger partial charge in [-0.3, -0.25) is 19.3 Å². The summed E-state index contributed by atoms with van der Waals surface area (Å²) in [6, 6.07) is 14.1. The van der Waals surface area contributed by atoms with Crippen LogP contribution in [0.2, 0.25) is 0 Å². The summed E-state index contributed by atoms with van der Waals surface area (Å²) in [5.74, 6) is -0.107. The van der Waals surface area contributed by atoms with Crippen LogP contribution in [0.25, 0.3) is 0 Å². The summed E-state index contributed by atoms with van der Waals surface area (Å²) in [7, 11) is 3.50. The molecule has 0 radical (unpaired) electrons. The number of hydrogen-bond donors (Lipinski definition) is 1. The Morgan fingerprint density at radius 1 is 1.00 bits per heavy atom. The lowest BCUT2D eigenvalue weighted by Crippen LogP contribution is -2.39. The van der Waals surface area contributed by atoms with Crippen LogP contribution in [0.15, 0.2) is 48.5 Å². The zero-order chi connectivity index (χ0) is 23.1. The molecule has 170 valence electrons.